The van der Waals surface area contributed by atoms with Crippen molar-refractivity contribution in [3.63, 3.8) is 0 Å². The topological polar surface area (TPSA) is 45.4 Å². The Kier molecular flexibility index (Phi) is 3.49. The molecule has 0 spiro atoms. The summed E-state index contributed by atoms with van der Waals surface area (Å²) in [6, 6.07) is 0. The number of piperazine rings is 1. The summed E-state index contributed by atoms with van der Waals surface area (Å²) in [4.78, 5) is 9.13. The van der Waals surface area contributed by atoms with Crippen LogP contribution in [-0.2, 0) is 6.54 Å². The monoisotopic (exact) mass is 238 g/mol. The molecule has 2 heterocycles. The average molecular weight is 238 g/mol. The van der Waals surface area contributed by atoms with Crippen LogP contribution in [0.3, 0.4) is 0 Å². The zero-order valence-corrected chi connectivity index (χ0v) is 11.2. The van der Waals surface area contributed by atoms with Crippen LogP contribution in [-0.4, -0.2) is 51.7 Å². The van der Waals surface area contributed by atoms with Crippen LogP contribution >= 0.6 is 0 Å². The zero-order chi connectivity index (χ0) is 12.5. The van der Waals surface area contributed by atoms with Gasteiger partial charge in [0.25, 0.3) is 0 Å². The molecule has 1 aromatic rings. The van der Waals surface area contributed by atoms with Crippen LogP contribution in [0.1, 0.15) is 32.5 Å². The van der Waals surface area contributed by atoms with Gasteiger partial charge >= 0.3 is 0 Å². The molecule has 5 heteroatoms. The molecule has 1 aromatic heterocycles. The van der Waals surface area contributed by atoms with Crippen LogP contribution in [0.5, 0.6) is 0 Å². The zero-order valence-electron chi connectivity index (χ0n) is 11.2. The second-order valence-electron chi connectivity index (χ2n) is 5.67. The second kappa shape index (κ2) is 4.74. The van der Waals surface area contributed by atoms with Gasteiger partial charge in [-0.3, -0.25) is 9.80 Å². The normalized spacial score (nSPS) is 19.8. The van der Waals surface area contributed by atoms with Crippen LogP contribution < -0.4 is 0 Å². The van der Waals surface area contributed by atoms with Crippen molar-refractivity contribution in [2.75, 3.05) is 26.2 Å². The fourth-order valence-electron chi connectivity index (χ4n) is 2.17. The Morgan fingerprint density at radius 2 is 1.82 bits per heavy atom. The fourth-order valence-corrected chi connectivity index (χ4v) is 2.17. The van der Waals surface area contributed by atoms with Gasteiger partial charge in [0, 0.05) is 31.7 Å². The first kappa shape index (κ1) is 12.5. The van der Waals surface area contributed by atoms with Gasteiger partial charge in [-0.15, -0.1) is 0 Å². The first-order chi connectivity index (χ1) is 7.95. The number of hydrogen-bond donors (Lipinski definition) is 0. The first-order valence-electron chi connectivity index (χ1n) is 6.22. The maximum atomic E-state index is 5.14. The molecule has 0 amide bonds. The highest BCUT2D eigenvalue weighted by atomic mass is 16.5. The summed E-state index contributed by atoms with van der Waals surface area (Å²) in [5, 5.41) is 3.81. The van der Waals surface area contributed by atoms with E-state index in [-0.39, 0.29) is 5.54 Å². The van der Waals surface area contributed by atoms with Crippen LogP contribution in [0.25, 0.3) is 0 Å². The molecule has 0 N–H and O–H groups in total. The van der Waals surface area contributed by atoms with Gasteiger partial charge in [0.05, 0.1) is 6.54 Å². The first-order valence-corrected chi connectivity index (χ1v) is 6.22. The Bertz CT molecular complexity index is 361. The van der Waals surface area contributed by atoms with Crippen molar-refractivity contribution >= 4 is 0 Å². The molecule has 1 aliphatic rings. The molecule has 0 atom stereocenters. The molecule has 0 unspecified atom stereocenters. The minimum Gasteiger partial charge on any atom is -0.338 e. The smallest absolute Gasteiger partial charge is 0.240 e. The van der Waals surface area contributed by atoms with Crippen LogP contribution in [0.4, 0.5) is 0 Å². The predicted octanol–water partition coefficient (Wildman–Crippen LogP) is 1.29. The van der Waals surface area contributed by atoms with Crippen molar-refractivity contribution < 1.29 is 4.52 Å². The molecule has 0 saturated carbocycles. The van der Waals surface area contributed by atoms with Gasteiger partial charge in [0.2, 0.25) is 5.89 Å². The number of aromatic nitrogens is 2. The number of aryl methyl sites for hydroxylation is 1. The van der Waals surface area contributed by atoms with Crippen LogP contribution in [0, 0.1) is 6.92 Å². The minimum atomic E-state index is 0.271. The van der Waals surface area contributed by atoms with Gasteiger partial charge in [-0.25, -0.2) is 0 Å². The average Bonchev–Trinajstić information content (AvgIpc) is 2.63. The summed E-state index contributed by atoms with van der Waals surface area (Å²) in [5.74, 6) is 1.44. The van der Waals surface area contributed by atoms with E-state index in [9.17, 15) is 0 Å². The highest BCUT2D eigenvalue weighted by Crippen LogP contribution is 2.16. The van der Waals surface area contributed by atoms with E-state index in [1.54, 1.807) is 0 Å². The summed E-state index contributed by atoms with van der Waals surface area (Å²) in [6.45, 7) is 13.8. The Hall–Kier alpha value is -0.940. The third kappa shape index (κ3) is 3.26. The predicted molar refractivity (Wildman–Crippen MR) is 65.6 cm³/mol. The highest BCUT2D eigenvalue weighted by Gasteiger charge is 2.26. The molecule has 96 valence electrons. The lowest BCUT2D eigenvalue weighted by atomic mass is 10.1. The van der Waals surface area contributed by atoms with Gasteiger partial charge in [-0.2, -0.15) is 4.98 Å². The molecule has 1 aliphatic heterocycles. The molecule has 0 aliphatic carbocycles. The number of nitrogens with zero attached hydrogens (tertiary/aromatic N) is 4. The van der Waals surface area contributed by atoms with E-state index in [1.165, 1.54) is 0 Å². The minimum absolute atomic E-state index is 0.271. The fraction of sp³-hybridized carbons (Fsp3) is 0.833. The second-order valence-corrected chi connectivity index (χ2v) is 5.67. The summed E-state index contributed by atoms with van der Waals surface area (Å²) in [7, 11) is 0. The molecular formula is C12H22N4O. The van der Waals surface area contributed by atoms with E-state index < -0.39 is 0 Å². The third-order valence-corrected chi connectivity index (χ3v) is 3.25. The van der Waals surface area contributed by atoms with E-state index in [0.29, 0.717) is 5.82 Å². The Labute approximate surface area is 103 Å². The molecular weight excluding hydrogens is 216 g/mol. The summed E-state index contributed by atoms with van der Waals surface area (Å²) in [6.07, 6.45) is 0. The standard InChI is InChI=1S/C12H22N4O/c1-10-13-11(17-14-10)9-15-5-7-16(8-6-15)12(2,3)4/h5-9H2,1-4H3. The highest BCUT2D eigenvalue weighted by molar-refractivity contribution is 4.86. The maximum absolute atomic E-state index is 5.14. The molecule has 1 fully saturated rings. The van der Waals surface area contributed by atoms with Crippen molar-refractivity contribution in [1.29, 1.82) is 0 Å². The van der Waals surface area contributed by atoms with E-state index in [2.05, 4.69) is 40.7 Å². The van der Waals surface area contributed by atoms with E-state index in [4.69, 9.17) is 4.52 Å². The summed E-state index contributed by atoms with van der Waals surface area (Å²) < 4.78 is 5.14. The molecule has 17 heavy (non-hydrogen) atoms. The summed E-state index contributed by atoms with van der Waals surface area (Å²) in [5.41, 5.74) is 0.271. The number of hydrogen-bond acceptors (Lipinski definition) is 5. The van der Waals surface area contributed by atoms with E-state index in [0.717, 1.165) is 38.6 Å². The molecule has 2 rings (SSSR count). The summed E-state index contributed by atoms with van der Waals surface area (Å²) >= 11 is 0. The van der Waals surface area contributed by atoms with Crippen molar-refractivity contribution in [3.8, 4) is 0 Å². The van der Waals surface area contributed by atoms with Crippen LogP contribution in [0.15, 0.2) is 4.52 Å². The van der Waals surface area contributed by atoms with Gasteiger partial charge in [-0.1, -0.05) is 5.16 Å². The Morgan fingerprint density at radius 3 is 2.29 bits per heavy atom. The van der Waals surface area contributed by atoms with Gasteiger partial charge in [-0.05, 0) is 27.7 Å². The lowest BCUT2D eigenvalue weighted by Crippen LogP contribution is -2.53. The number of rotatable bonds is 2. The molecule has 5 nitrogen and oxygen atoms in total. The Balaban J connectivity index is 1.83. The van der Waals surface area contributed by atoms with Gasteiger partial charge in [0.15, 0.2) is 5.82 Å². The van der Waals surface area contributed by atoms with Crippen molar-refractivity contribution in [1.82, 2.24) is 19.9 Å². The Morgan fingerprint density at radius 1 is 1.18 bits per heavy atom. The molecule has 1 saturated heterocycles. The van der Waals surface area contributed by atoms with E-state index in [1.807, 2.05) is 6.92 Å². The van der Waals surface area contributed by atoms with Crippen molar-refractivity contribution in [3.05, 3.63) is 11.7 Å². The maximum Gasteiger partial charge on any atom is 0.240 e. The third-order valence-electron chi connectivity index (χ3n) is 3.25. The lowest BCUT2D eigenvalue weighted by molar-refractivity contribution is 0.0546. The van der Waals surface area contributed by atoms with Gasteiger partial charge < -0.3 is 4.52 Å². The quantitative estimate of drug-likeness (QED) is 0.777. The lowest BCUT2D eigenvalue weighted by Gasteiger charge is -2.41. The van der Waals surface area contributed by atoms with E-state index >= 15 is 0 Å². The molecule has 0 bridgehead atoms. The van der Waals surface area contributed by atoms with Crippen molar-refractivity contribution in [2.24, 2.45) is 0 Å². The molecule has 0 aromatic carbocycles. The largest absolute Gasteiger partial charge is 0.338 e. The van der Waals surface area contributed by atoms with Crippen molar-refractivity contribution in [2.45, 2.75) is 39.8 Å². The van der Waals surface area contributed by atoms with Crippen LogP contribution in [0.2, 0.25) is 0 Å². The SMILES string of the molecule is Cc1noc(CN2CCN(C(C)(C)C)CC2)n1. The molecule has 0 radical (unpaired) electrons. The van der Waals surface area contributed by atoms with Gasteiger partial charge in [0.1, 0.15) is 0 Å².